The number of ketones is 1. The predicted octanol–water partition coefficient (Wildman–Crippen LogP) is 5.24. The number of aromatic nitrogens is 1. The number of ether oxygens (including phenoxy) is 1. The standard InChI is InChI=1S/C36H46FN5O7S.ClH/c1-5-40-19-28(35(46)47)33(44)27-17-29(37)31(18-30(27)40)41-11-13-42(14-12-41)36(48)49-20-24-6-8-26(9-7-24)39-34(45)25(21-50-15-10-38)16-32(43)23(4)22(2)3;/h6-9,17-19,22-23,25H,5,10-16,20-21,38H2,1-4H3,(H,39,45)(H,46,47);1H/t23-,25-;/m0./s1. The second-order valence-corrected chi connectivity index (χ2v) is 13.9. The highest BCUT2D eigenvalue weighted by molar-refractivity contribution is 7.99. The zero-order valence-electron chi connectivity index (χ0n) is 29.4. The van der Waals surface area contributed by atoms with Crippen LogP contribution in [-0.2, 0) is 27.5 Å². The van der Waals surface area contributed by atoms with Gasteiger partial charge in [-0.3, -0.25) is 14.4 Å². The van der Waals surface area contributed by atoms with Crippen LogP contribution in [0.25, 0.3) is 10.9 Å². The fraction of sp³-hybridized carbons (Fsp3) is 0.472. The number of nitrogens with one attached hydrogen (secondary N) is 1. The average molecular weight is 748 g/mol. The molecule has 2 heterocycles. The number of piperazine rings is 1. The maximum atomic E-state index is 15.2. The average Bonchev–Trinajstić information content (AvgIpc) is 3.10. The van der Waals surface area contributed by atoms with Gasteiger partial charge in [0.1, 0.15) is 23.8 Å². The SMILES string of the molecule is CCn1cc(C(=O)O)c(=O)c2cc(F)c(N3CCN(C(=O)OCc4ccc(NC(=O)[C@H](CSCCN)CC(=O)[C@@H](C)C(C)C)cc4)CC3)cc21.Cl. The van der Waals surface area contributed by atoms with E-state index in [2.05, 4.69) is 5.32 Å². The topological polar surface area (TPSA) is 164 Å². The molecule has 0 bridgehead atoms. The number of thioether (sulfide) groups is 1. The van der Waals surface area contributed by atoms with Crippen molar-refractivity contribution in [2.24, 2.45) is 23.5 Å². The summed E-state index contributed by atoms with van der Waals surface area (Å²) in [7, 11) is 0. The Morgan fingerprint density at radius 2 is 1.73 bits per heavy atom. The van der Waals surface area contributed by atoms with Crippen LogP contribution in [0.2, 0.25) is 0 Å². The lowest BCUT2D eigenvalue weighted by Crippen LogP contribution is -2.49. The molecule has 1 aromatic heterocycles. The molecule has 51 heavy (non-hydrogen) atoms. The van der Waals surface area contributed by atoms with Gasteiger partial charge in [0.2, 0.25) is 11.3 Å². The van der Waals surface area contributed by atoms with Crippen LogP contribution in [0.15, 0.2) is 47.4 Å². The van der Waals surface area contributed by atoms with Gasteiger partial charge in [0.25, 0.3) is 0 Å². The predicted molar refractivity (Wildman–Crippen MR) is 201 cm³/mol. The van der Waals surface area contributed by atoms with Gasteiger partial charge >= 0.3 is 12.1 Å². The van der Waals surface area contributed by atoms with Crippen molar-refractivity contribution in [2.45, 2.75) is 47.3 Å². The van der Waals surface area contributed by atoms with Gasteiger partial charge in [-0.2, -0.15) is 11.8 Å². The van der Waals surface area contributed by atoms with Crippen molar-refractivity contribution in [1.29, 1.82) is 0 Å². The number of anilines is 2. The van der Waals surface area contributed by atoms with E-state index in [0.29, 0.717) is 48.9 Å². The number of halogens is 2. The van der Waals surface area contributed by atoms with Crippen molar-refractivity contribution in [1.82, 2.24) is 9.47 Å². The summed E-state index contributed by atoms with van der Waals surface area (Å²) in [5.74, 6) is -1.41. The molecule has 0 unspecified atom stereocenters. The van der Waals surface area contributed by atoms with Crippen LogP contribution in [-0.4, -0.2) is 82.6 Å². The lowest BCUT2D eigenvalue weighted by atomic mass is 9.88. The Balaban J connectivity index is 0.00000702. The van der Waals surface area contributed by atoms with Crippen LogP contribution < -0.4 is 21.4 Å². The van der Waals surface area contributed by atoms with Crippen molar-refractivity contribution in [3.8, 4) is 0 Å². The molecule has 12 nitrogen and oxygen atoms in total. The normalized spacial score (nSPS) is 14.2. The molecule has 0 saturated carbocycles. The largest absolute Gasteiger partial charge is 0.477 e. The maximum Gasteiger partial charge on any atom is 0.410 e. The zero-order valence-corrected chi connectivity index (χ0v) is 31.0. The fourth-order valence-electron chi connectivity index (χ4n) is 5.69. The fourth-order valence-corrected chi connectivity index (χ4v) is 6.57. The number of hydrogen-bond acceptors (Lipinski definition) is 9. The lowest BCUT2D eigenvalue weighted by Gasteiger charge is -2.35. The summed E-state index contributed by atoms with van der Waals surface area (Å²) in [6.07, 6.45) is 0.922. The Bertz CT molecular complexity index is 1760. The number of pyridine rings is 1. The Morgan fingerprint density at radius 1 is 1.06 bits per heavy atom. The van der Waals surface area contributed by atoms with E-state index in [1.165, 1.54) is 11.1 Å². The third-order valence-corrected chi connectivity index (χ3v) is 10.3. The molecule has 4 N–H and O–H groups in total. The smallest absolute Gasteiger partial charge is 0.410 e. The number of amides is 2. The number of fused-ring (bicyclic) bond motifs is 1. The van der Waals surface area contributed by atoms with Gasteiger partial charge in [-0.25, -0.2) is 14.0 Å². The highest BCUT2D eigenvalue weighted by Gasteiger charge is 2.27. The minimum Gasteiger partial charge on any atom is -0.477 e. The number of aryl methyl sites for hydroxylation is 1. The number of aromatic carboxylic acids is 1. The first-order valence-corrected chi connectivity index (χ1v) is 18.0. The van der Waals surface area contributed by atoms with Crippen LogP contribution >= 0.6 is 24.2 Å². The molecule has 0 spiro atoms. The molecule has 2 atom stereocenters. The summed E-state index contributed by atoms with van der Waals surface area (Å²) in [6, 6.07) is 9.59. The minimum atomic E-state index is -1.37. The van der Waals surface area contributed by atoms with Gasteiger partial charge in [0, 0.05) is 80.4 Å². The van der Waals surface area contributed by atoms with Crippen LogP contribution in [0.4, 0.5) is 20.6 Å². The van der Waals surface area contributed by atoms with Crippen molar-refractivity contribution in [2.75, 3.05) is 54.4 Å². The van der Waals surface area contributed by atoms with Gasteiger partial charge in [0.15, 0.2) is 0 Å². The van der Waals surface area contributed by atoms with Crippen molar-refractivity contribution in [3.63, 3.8) is 0 Å². The van der Waals surface area contributed by atoms with E-state index in [9.17, 15) is 29.1 Å². The maximum absolute atomic E-state index is 15.2. The number of carbonyl (C=O) groups is 4. The van der Waals surface area contributed by atoms with Crippen molar-refractivity contribution >= 4 is 70.2 Å². The number of carbonyl (C=O) groups excluding carboxylic acids is 3. The Labute approximate surface area is 307 Å². The quantitative estimate of drug-likeness (QED) is 0.175. The molecule has 3 aromatic rings. The molecule has 1 aliphatic heterocycles. The van der Waals surface area contributed by atoms with Gasteiger partial charge in [-0.15, -0.1) is 12.4 Å². The highest BCUT2D eigenvalue weighted by Crippen LogP contribution is 2.27. The number of nitrogens with two attached hydrogens (primary N) is 1. The summed E-state index contributed by atoms with van der Waals surface area (Å²) < 4.78 is 22.4. The van der Waals surface area contributed by atoms with E-state index in [4.69, 9.17) is 10.5 Å². The molecular formula is C36H47ClFN5O7S. The number of benzene rings is 2. The van der Waals surface area contributed by atoms with Gasteiger partial charge in [-0.05, 0) is 42.7 Å². The van der Waals surface area contributed by atoms with Crippen LogP contribution in [0.3, 0.4) is 0 Å². The molecule has 0 aliphatic carbocycles. The number of Topliss-reactive ketones (excluding diaryl/α,β-unsaturated/α-hetero) is 1. The van der Waals surface area contributed by atoms with E-state index in [0.717, 1.165) is 11.6 Å². The molecule has 2 aromatic carbocycles. The van der Waals surface area contributed by atoms with E-state index >= 15 is 4.39 Å². The lowest BCUT2D eigenvalue weighted by molar-refractivity contribution is -0.128. The molecule has 4 rings (SSSR count). The second kappa shape index (κ2) is 18.9. The molecule has 15 heteroatoms. The van der Waals surface area contributed by atoms with Crippen molar-refractivity contribution < 1.29 is 33.4 Å². The first-order chi connectivity index (χ1) is 23.8. The number of nitrogens with zero attached hydrogens (tertiary/aromatic N) is 3. The summed E-state index contributed by atoms with van der Waals surface area (Å²) in [5.41, 5.74) is 6.44. The highest BCUT2D eigenvalue weighted by atomic mass is 35.5. The zero-order chi connectivity index (χ0) is 36.5. The minimum absolute atomic E-state index is 0. The van der Waals surface area contributed by atoms with Crippen LogP contribution in [0.1, 0.15) is 50.0 Å². The molecule has 0 radical (unpaired) electrons. The van der Waals surface area contributed by atoms with E-state index < -0.39 is 34.8 Å². The van der Waals surface area contributed by atoms with Crippen LogP contribution in [0, 0.1) is 23.6 Å². The first-order valence-electron chi connectivity index (χ1n) is 16.8. The Morgan fingerprint density at radius 3 is 2.31 bits per heavy atom. The molecule has 278 valence electrons. The number of rotatable bonds is 15. The molecule has 2 amide bonds. The summed E-state index contributed by atoms with van der Waals surface area (Å²) in [4.78, 5) is 66.3. The first kappa shape index (κ1) is 41.3. The molecule has 1 saturated heterocycles. The second-order valence-electron chi connectivity index (χ2n) is 12.8. The summed E-state index contributed by atoms with van der Waals surface area (Å²) in [6.45, 7) is 9.77. The molecule has 1 aliphatic rings. The monoisotopic (exact) mass is 747 g/mol. The number of carboxylic acid groups (broad SMARTS) is 1. The van der Waals surface area contributed by atoms with Gasteiger partial charge in [0.05, 0.1) is 17.1 Å². The van der Waals surface area contributed by atoms with Gasteiger partial charge in [-0.1, -0.05) is 32.9 Å². The number of hydrogen-bond donors (Lipinski definition) is 3. The third-order valence-electron chi connectivity index (χ3n) is 9.09. The van der Waals surface area contributed by atoms with E-state index in [-0.39, 0.29) is 73.1 Å². The summed E-state index contributed by atoms with van der Waals surface area (Å²) >= 11 is 1.55. The van der Waals surface area contributed by atoms with Crippen molar-refractivity contribution in [3.05, 3.63) is 69.8 Å². The Kier molecular flexibility index (Phi) is 15.3. The van der Waals surface area contributed by atoms with E-state index in [1.807, 2.05) is 20.8 Å². The Hall–Kier alpha value is -4.14. The van der Waals surface area contributed by atoms with E-state index in [1.54, 1.807) is 58.5 Å². The summed E-state index contributed by atoms with van der Waals surface area (Å²) in [5, 5.41) is 12.3. The number of carboxylic acids is 1. The van der Waals surface area contributed by atoms with Gasteiger partial charge < -0.3 is 35.3 Å². The molecule has 1 fully saturated rings. The van der Waals surface area contributed by atoms with Crippen LogP contribution in [0.5, 0.6) is 0 Å². The third kappa shape index (κ3) is 10.5. The molecular weight excluding hydrogens is 701 g/mol.